The van der Waals surface area contributed by atoms with E-state index in [1.165, 1.54) is 63.4 Å². The lowest BCUT2D eigenvalue weighted by atomic mass is 9.52. The lowest BCUT2D eigenvalue weighted by Gasteiger charge is -2.53. The molecule has 5 saturated carbocycles. The Labute approximate surface area is 230 Å². The molecule has 0 aromatic rings. The van der Waals surface area contributed by atoms with Gasteiger partial charge in [-0.15, -0.1) is 0 Å². The number of rotatable bonds is 3. The van der Waals surface area contributed by atoms with E-state index in [-0.39, 0.29) is 17.3 Å². The normalized spacial score (nSPS) is 44.4. The molecule has 0 bridgehead atoms. The van der Waals surface area contributed by atoms with Crippen molar-refractivity contribution in [3.63, 3.8) is 0 Å². The minimum absolute atomic E-state index is 0.0644. The summed E-state index contributed by atoms with van der Waals surface area (Å²) in [6.07, 6.45) is 21.9. The second kappa shape index (κ2) is 10.2. The smallest absolute Gasteiger partial charge is 0.169 e. The molecule has 7 aliphatic rings. The molecule has 1 saturated heterocycles. The molecule has 0 aromatic heterocycles. The van der Waals surface area contributed by atoms with Crippen LogP contribution in [0.25, 0.3) is 0 Å². The monoisotopic (exact) mass is 521 g/mol. The summed E-state index contributed by atoms with van der Waals surface area (Å²) < 4.78 is 12.4. The van der Waals surface area contributed by atoms with Crippen molar-refractivity contribution in [1.82, 2.24) is 5.32 Å². The minimum atomic E-state index is -0.302. The molecule has 38 heavy (non-hydrogen) atoms. The number of hydrogen-bond acceptors (Lipinski definition) is 4. The number of fused-ring (bicyclic) bond motifs is 4. The summed E-state index contributed by atoms with van der Waals surface area (Å²) in [7, 11) is 0. The van der Waals surface area contributed by atoms with E-state index >= 15 is 0 Å². The Morgan fingerprint density at radius 2 is 1.76 bits per heavy atom. The zero-order valence-corrected chi connectivity index (χ0v) is 23.8. The Morgan fingerprint density at radius 3 is 2.58 bits per heavy atom. The zero-order valence-electron chi connectivity index (χ0n) is 23.8. The van der Waals surface area contributed by atoms with E-state index in [0.717, 1.165) is 58.2 Å². The topological polar surface area (TPSA) is 50.7 Å². The summed E-state index contributed by atoms with van der Waals surface area (Å²) in [4.78, 5) is 0. The van der Waals surface area contributed by atoms with E-state index in [0.29, 0.717) is 35.8 Å². The summed E-state index contributed by atoms with van der Waals surface area (Å²) in [6.45, 7) is 8.46. The second-order valence-corrected chi connectivity index (χ2v) is 14.4. The van der Waals surface area contributed by atoms with Gasteiger partial charge in [0.15, 0.2) is 5.79 Å². The van der Waals surface area contributed by atoms with E-state index < -0.39 is 0 Å². The lowest BCUT2D eigenvalue weighted by molar-refractivity contribution is -0.181. The second-order valence-electron chi connectivity index (χ2n) is 14.4. The Morgan fingerprint density at radius 1 is 0.947 bits per heavy atom. The molecule has 0 radical (unpaired) electrons. The van der Waals surface area contributed by atoms with Crippen molar-refractivity contribution < 1.29 is 14.6 Å². The van der Waals surface area contributed by atoms with Crippen molar-refractivity contribution in [3.05, 3.63) is 34.9 Å². The van der Waals surface area contributed by atoms with Gasteiger partial charge in [-0.05, 0) is 99.7 Å². The third-order valence-corrected chi connectivity index (χ3v) is 12.3. The van der Waals surface area contributed by atoms with Crippen LogP contribution < -0.4 is 5.32 Å². The summed E-state index contributed by atoms with van der Waals surface area (Å²) in [5.74, 6) is 2.12. The highest BCUT2D eigenvalue weighted by molar-refractivity contribution is 5.36. The van der Waals surface area contributed by atoms with Gasteiger partial charge in [0.2, 0.25) is 0 Å². The minimum Gasteiger partial charge on any atom is -0.393 e. The van der Waals surface area contributed by atoms with Crippen LogP contribution in [-0.4, -0.2) is 42.3 Å². The maximum atomic E-state index is 11.2. The van der Waals surface area contributed by atoms with Gasteiger partial charge in [0.1, 0.15) is 0 Å². The van der Waals surface area contributed by atoms with Gasteiger partial charge >= 0.3 is 0 Å². The largest absolute Gasteiger partial charge is 0.393 e. The Kier molecular flexibility index (Phi) is 6.95. The van der Waals surface area contributed by atoms with Crippen LogP contribution in [0.2, 0.25) is 0 Å². The van der Waals surface area contributed by atoms with Crippen molar-refractivity contribution in [2.24, 2.45) is 29.1 Å². The standard InChI is InChI=1S/C34H51NO3/c1-22-8-9-23(19-30(22)35-26-6-4-3-5-7-26)18-25-20-33(2)29(12-13-31(33)36)28-11-10-24-21-34(37-16-17-38-34)15-14-27(24)32(25)28/h18,24-26,28-31,35-36H,1,3-17,19-21H2,2H3/b23-18+. The SMILES string of the molecule is C=C1CC/C(=C\C2CC3(C)C(O)CCC3C3CCC4CC5(CCC4=C23)OCCO5)CC1NC1CCCCC1. The maximum Gasteiger partial charge on any atom is 0.169 e. The molecule has 1 heterocycles. The molecule has 7 unspecified atom stereocenters. The maximum absolute atomic E-state index is 11.2. The highest BCUT2D eigenvalue weighted by Gasteiger charge is 2.57. The average Bonchev–Trinajstić information content (AvgIpc) is 3.49. The highest BCUT2D eigenvalue weighted by Crippen LogP contribution is 2.63. The molecule has 6 fully saturated rings. The summed E-state index contributed by atoms with van der Waals surface area (Å²) in [5, 5.41) is 15.3. The number of hydrogen-bond donors (Lipinski definition) is 2. The van der Waals surface area contributed by atoms with Gasteiger partial charge in [-0.25, -0.2) is 0 Å². The quantitative estimate of drug-likeness (QED) is 0.393. The summed E-state index contributed by atoms with van der Waals surface area (Å²) in [6, 6.07) is 1.12. The molecule has 2 N–H and O–H groups in total. The molecule has 1 aliphatic heterocycles. The fraction of sp³-hybridized carbons (Fsp3) is 0.824. The average molecular weight is 522 g/mol. The molecule has 1 spiro atoms. The fourth-order valence-corrected chi connectivity index (χ4v) is 10.3. The van der Waals surface area contributed by atoms with Gasteiger partial charge < -0.3 is 19.9 Å². The molecule has 210 valence electrons. The first-order chi connectivity index (χ1) is 18.4. The van der Waals surface area contributed by atoms with Crippen molar-refractivity contribution in [2.45, 2.75) is 134 Å². The Hall–Kier alpha value is -0.940. The van der Waals surface area contributed by atoms with Crippen LogP contribution in [-0.2, 0) is 9.47 Å². The van der Waals surface area contributed by atoms with E-state index in [4.69, 9.17) is 9.47 Å². The van der Waals surface area contributed by atoms with E-state index in [1.54, 1.807) is 16.7 Å². The number of allylic oxidation sites excluding steroid dienone is 3. The molecule has 6 aliphatic carbocycles. The van der Waals surface area contributed by atoms with Crippen molar-refractivity contribution in [2.75, 3.05) is 13.2 Å². The number of aliphatic hydroxyl groups excluding tert-OH is 1. The first kappa shape index (κ1) is 26.0. The van der Waals surface area contributed by atoms with Crippen LogP contribution in [0.5, 0.6) is 0 Å². The molecular weight excluding hydrogens is 470 g/mol. The Bertz CT molecular complexity index is 986. The molecular formula is C34H51NO3. The van der Waals surface area contributed by atoms with Gasteiger partial charge in [0.05, 0.1) is 19.3 Å². The van der Waals surface area contributed by atoms with Gasteiger partial charge in [-0.2, -0.15) is 0 Å². The number of aliphatic hydroxyl groups is 1. The molecule has 4 nitrogen and oxygen atoms in total. The van der Waals surface area contributed by atoms with E-state index in [9.17, 15) is 5.11 Å². The predicted molar refractivity (Wildman–Crippen MR) is 152 cm³/mol. The van der Waals surface area contributed by atoms with Crippen LogP contribution >= 0.6 is 0 Å². The van der Waals surface area contributed by atoms with Crippen molar-refractivity contribution >= 4 is 0 Å². The molecule has 0 aromatic carbocycles. The summed E-state index contributed by atoms with van der Waals surface area (Å²) >= 11 is 0. The Balaban J connectivity index is 1.19. The molecule has 7 rings (SSSR count). The van der Waals surface area contributed by atoms with Crippen LogP contribution in [0.1, 0.15) is 110 Å². The van der Waals surface area contributed by atoms with Crippen LogP contribution in [0.15, 0.2) is 34.9 Å². The predicted octanol–water partition coefficient (Wildman–Crippen LogP) is 6.99. The third kappa shape index (κ3) is 4.50. The lowest BCUT2D eigenvalue weighted by Crippen LogP contribution is -2.47. The first-order valence-corrected chi connectivity index (χ1v) is 16.3. The number of nitrogens with one attached hydrogen (secondary N) is 1. The van der Waals surface area contributed by atoms with E-state index in [1.807, 2.05) is 0 Å². The van der Waals surface area contributed by atoms with Gasteiger partial charge in [-0.1, -0.05) is 61.1 Å². The summed E-state index contributed by atoms with van der Waals surface area (Å²) in [5.41, 5.74) is 6.71. The van der Waals surface area contributed by atoms with Crippen molar-refractivity contribution in [3.8, 4) is 0 Å². The zero-order chi connectivity index (χ0) is 25.9. The van der Waals surface area contributed by atoms with Crippen molar-refractivity contribution in [1.29, 1.82) is 0 Å². The van der Waals surface area contributed by atoms with Crippen LogP contribution in [0, 0.1) is 29.1 Å². The van der Waals surface area contributed by atoms with Crippen LogP contribution in [0.4, 0.5) is 0 Å². The first-order valence-electron chi connectivity index (χ1n) is 16.3. The van der Waals surface area contributed by atoms with E-state index in [2.05, 4.69) is 24.9 Å². The highest BCUT2D eigenvalue weighted by atomic mass is 16.7. The third-order valence-electron chi connectivity index (χ3n) is 12.3. The van der Waals surface area contributed by atoms with Crippen LogP contribution in [0.3, 0.4) is 0 Å². The fourth-order valence-electron chi connectivity index (χ4n) is 10.3. The van der Waals surface area contributed by atoms with Gasteiger partial charge in [0.25, 0.3) is 0 Å². The number of ether oxygens (including phenoxy) is 2. The van der Waals surface area contributed by atoms with Gasteiger partial charge in [-0.3, -0.25) is 0 Å². The molecule has 0 amide bonds. The van der Waals surface area contributed by atoms with Gasteiger partial charge in [0, 0.05) is 24.9 Å². The molecule has 4 heteroatoms. The molecule has 7 atom stereocenters.